The summed E-state index contributed by atoms with van der Waals surface area (Å²) in [6.45, 7) is 0. The van der Waals surface area contributed by atoms with E-state index >= 15 is 0 Å². The molecule has 0 heterocycles. The van der Waals surface area contributed by atoms with E-state index in [1.807, 2.05) is 0 Å². The number of hydrogen-bond donors (Lipinski definition) is 3. The molecule has 0 aliphatic heterocycles. The fourth-order valence-electron chi connectivity index (χ4n) is 0.0833. The van der Waals surface area contributed by atoms with Crippen LogP contribution in [0, 0.1) is 0 Å². The third kappa shape index (κ3) is 3.19. The minimum atomic E-state index is -2.49. The molecule has 0 saturated carbocycles. The summed E-state index contributed by atoms with van der Waals surface area (Å²) in [5, 5.41) is 0. The van der Waals surface area contributed by atoms with Gasteiger partial charge in [-0.1, -0.05) is 9.81 Å². The molecule has 46 valence electrons. The summed E-state index contributed by atoms with van der Waals surface area (Å²) >= 11 is 0. The lowest BCUT2D eigenvalue weighted by molar-refractivity contribution is 0.499. The van der Waals surface area contributed by atoms with Crippen LogP contribution in [0.2, 0.25) is 0 Å². The van der Waals surface area contributed by atoms with Gasteiger partial charge < -0.3 is 0 Å². The Morgan fingerprint density at radius 2 is 2.00 bits per heavy atom. The summed E-state index contributed by atoms with van der Waals surface area (Å²) < 4.78 is 19.6. The van der Waals surface area contributed by atoms with Crippen molar-refractivity contribution in [3.8, 4) is 0 Å². The Bertz CT molecular complexity index is 51.7. The summed E-state index contributed by atoms with van der Waals surface area (Å²) in [5.41, 5.74) is 0. The number of nitrogens with one attached hydrogen (secondary N) is 1. The van der Waals surface area contributed by atoms with Crippen molar-refractivity contribution in [3.63, 3.8) is 0 Å². The van der Waals surface area contributed by atoms with E-state index in [4.69, 9.17) is 9.11 Å². The monoisotopic (exact) mass is 143 g/mol. The van der Waals surface area contributed by atoms with Crippen LogP contribution in [0.15, 0.2) is 0 Å². The maximum absolute atomic E-state index is 8.62. The van der Waals surface area contributed by atoms with E-state index in [1.54, 1.807) is 6.26 Å². The third-order valence-corrected chi connectivity index (χ3v) is 3.39. The van der Waals surface area contributed by atoms with Crippen LogP contribution in [0.3, 0.4) is 0 Å². The minimum Gasteiger partial charge on any atom is -0.277 e. The first-order chi connectivity index (χ1) is 3.12. The Morgan fingerprint density at radius 3 is 2.00 bits per heavy atom. The predicted molar refractivity (Wildman–Crippen MR) is 35.4 cm³/mol. The molecule has 0 spiro atoms. The van der Waals surface area contributed by atoms with Crippen LogP contribution in [-0.4, -0.2) is 22.4 Å². The summed E-state index contributed by atoms with van der Waals surface area (Å²) in [6.07, 6.45) is 1.63. The Morgan fingerprint density at radius 1 is 1.57 bits per heavy atom. The van der Waals surface area contributed by atoms with E-state index in [1.165, 1.54) is 7.05 Å². The van der Waals surface area contributed by atoms with Crippen molar-refractivity contribution in [1.82, 2.24) is 4.72 Å². The lowest BCUT2D eigenvalue weighted by atomic mass is 11.6. The summed E-state index contributed by atoms with van der Waals surface area (Å²) in [7, 11) is 0.0255. The van der Waals surface area contributed by atoms with E-state index in [0.717, 1.165) is 10.8 Å². The molecule has 0 aromatic heterocycles. The van der Waals surface area contributed by atoms with Gasteiger partial charge >= 0.3 is 0 Å². The second-order valence-electron chi connectivity index (χ2n) is 0.867. The van der Waals surface area contributed by atoms with Gasteiger partial charge in [-0.25, -0.2) is 4.72 Å². The fourth-order valence-corrected chi connectivity index (χ4v) is 0.750. The molecular formula is C2H9NO2S2. The number of rotatable bonds is 2. The van der Waals surface area contributed by atoms with Crippen LogP contribution in [0.5, 0.6) is 0 Å². The van der Waals surface area contributed by atoms with Gasteiger partial charge in [0.15, 0.2) is 0 Å². The normalized spacial score (nSPS) is 14.3. The van der Waals surface area contributed by atoms with Gasteiger partial charge in [0.05, 0.1) is 0 Å². The molecule has 0 bridgehead atoms. The van der Waals surface area contributed by atoms with Gasteiger partial charge in [-0.2, -0.15) is 0 Å². The summed E-state index contributed by atoms with van der Waals surface area (Å²) in [4.78, 5) is 0. The minimum absolute atomic E-state index is 1.01. The van der Waals surface area contributed by atoms with Crippen LogP contribution < -0.4 is 4.72 Å². The largest absolute Gasteiger partial charge is 0.277 e. The molecule has 0 aromatic rings. The molecule has 0 atom stereocenters. The van der Waals surface area contributed by atoms with Gasteiger partial charge in [0.1, 0.15) is 0 Å². The van der Waals surface area contributed by atoms with Gasteiger partial charge in [-0.15, -0.1) is 0 Å². The second kappa shape index (κ2) is 2.78. The lowest BCUT2D eigenvalue weighted by Gasteiger charge is -2.26. The van der Waals surface area contributed by atoms with Gasteiger partial charge in [0.25, 0.3) is 0 Å². The zero-order valence-corrected chi connectivity index (χ0v) is 5.84. The molecule has 0 saturated heterocycles. The molecule has 5 heteroatoms. The molecule has 7 heavy (non-hydrogen) atoms. The first-order valence-electron chi connectivity index (χ1n) is 1.64. The highest BCUT2D eigenvalue weighted by Crippen LogP contribution is 2.45. The maximum atomic E-state index is 8.62. The lowest BCUT2D eigenvalue weighted by Crippen LogP contribution is -2.09. The average Bonchev–Trinajstić information content (AvgIpc) is 1.68. The predicted octanol–water partition coefficient (Wildman–Crippen LogP) is 1.15. The molecule has 0 fully saturated rings. The number of hydrogen-bond acceptors (Lipinski definition) is 4. The van der Waals surface area contributed by atoms with Crippen molar-refractivity contribution >= 4 is 20.6 Å². The molecule has 0 aliphatic carbocycles. The zero-order chi connectivity index (χ0) is 5.91. The second-order valence-corrected chi connectivity index (χ2v) is 5.00. The van der Waals surface area contributed by atoms with Gasteiger partial charge in [-0.05, 0) is 10.8 Å². The molecule has 0 amide bonds. The third-order valence-electron chi connectivity index (χ3n) is 0.498. The van der Waals surface area contributed by atoms with Gasteiger partial charge in [0, 0.05) is 13.3 Å². The van der Waals surface area contributed by atoms with E-state index in [-0.39, 0.29) is 0 Å². The van der Waals surface area contributed by atoms with Gasteiger partial charge in [-0.3, -0.25) is 9.11 Å². The first-order valence-corrected chi connectivity index (χ1v) is 4.93. The summed E-state index contributed by atoms with van der Waals surface area (Å²) in [5.74, 6) is 0. The molecule has 0 aromatic carbocycles. The highest BCUT2D eigenvalue weighted by molar-refractivity contribution is 8.88. The quantitative estimate of drug-likeness (QED) is 0.507. The Labute approximate surface area is 48.4 Å². The Balaban J connectivity index is 3.36. The van der Waals surface area contributed by atoms with Crippen LogP contribution in [0.4, 0.5) is 0 Å². The van der Waals surface area contributed by atoms with Crippen LogP contribution in [0.1, 0.15) is 0 Å². The van der Waals surface area contributed by atoms with Crippen LogP contribution in [0.25, 0.3) is 0 Å². The van der Waals surface area contributed by atoms with E-state index in [2.05, 4.69) is 4.72 Å². The highest BCUT2D eigenvalue weighted by atomic mass is 33.2. The highest BCUT2D eigenvalue weighted by Gasteiger charge is 2.02. The topological polar surface area (TPSA) is 52.5 Å². The van der Waals surface area contributed by atoms with Crippen LogP contribution in [-0.2, 0) is 0 Å². The molecule has 3 nitrogen and oxygen atoms in total. The standard InChI is InChI=1S/C2H9NO2S2/c1-3-7(4,5)6-2/h3-5H,1-2H3. The van der Waals surface area contributed by atoms with Gasteiger partial charge in [0.2, 0.25) is 0 Å². The molecule has 0 radical (unpaired) electrons. The molecule has 0 unspecified atom stereocenters. The Hall–Kier alpha value is 0.580. The Kier molecular flexibility index (Phi) is 3.01. The van der Waals surface area contributed by atoms with Crippen molar-refractivity contribution in [3.05, 3.63) is 0 Å². The smallest absolute Gasteiger partial charge is 0.00411 e. The first kappa shape index (κ1) is 7.58. The van der Waals surface area contributed by atoms with Crippen molar-refractivity contribution in [2.75, 3.05) is 13.3 Å². The molecule has 0 aliphatic rings. The fraction of sp³-hybridized carbons (Fsp3) is 1.00. The van der Waals surface area contributed by atoms with E-state index in [0.29, 0.717) is 0 Å². The zero-order valence-electron chi connectivity index (χ0n) is 4.21. The van der Waals surface area contributed by atoms with Crippen molar-refractivity contribution in [2.24, 2.45) is 0 Å². The van der Waals surface area contributed by atoms with E-state index < -0.39 is 9.81 Å². The SMILES string of the molecule is CNS(O)(O)SC. The van der Waals surface area contributed by atoms with Crippen molar-refractivity contribution in [1.29, 1.82) is 0 Å². The molecular weight excluding hydrogens is 134 g/mol. The maximum Gasteiger partial charge on any atom is 0.00411 e. The van der Waals surface area contributed by atoms with Crippen LogP contribution >= 0.6 is 20.6 Å². The van der Waals surface area contributed by atoms with Crippen molar-refractivity contribution in [2.45, 2.75) is 0 Å². The molecule has 3 N–H and O–H groups in total. The summed E-state index contributed by atoms with van der Waals surface area (Å²) in [6, 6.07) is 0. The average molecular weight is 143 g/mol. The van der Waals surface area contributed by atoms with Crippen molar-refractivity contribution < 1.29 is 9.11 Å². The van der Waals surface area contributed by atoms with E-state index in [9.17, 15) is 0 Å². The molecule has 0 rings (SSSR count).